The maximum atomic E-state index is 15.3. The number of aryl methyl sites for hydroxylation is 1. The van der Waals surface area contributed by atoms with Crippen molar-refractivity contribution in [1.29, 1.82) is 5.26 Å². The summed E-state index contributed by atoms with van der Waals surface area (Å²) in [5.41, 5.74) is -0.594. The number of hydrogen-bond acceptors (Lipinski definition) is 14. The second kappa shape index (κ2) is 23.1. The number of carbonyl (C=O) groups is 4. The Kier molecular flexibility index (Phi) is 17.7. The number of nitrogens with zero attached hydrogens (tertiary/aromatic N) is 6. The van der Waals surface area contributed by atoms with Gasteiger partial charge in [0, 0.05) is 25.6 Å². The van der Waals surface area contributed by atoms with Gasteiger partial charge in [0.05, 0.1) is 96.1 Å². The molecule has 71 heavy (non-hydrogen) atoms. The number of β-amino-alcohol motifs (C(OH)–C–C–N with tert-alkyl or cyclic N) is 1. The van der Waals surface area contributed by atoms with Crippen LogP contribution in [0.1, 0.15) is 63.4 Å². The van der Waals surface area contributed by atoms with Gasteiger partial charge >= 0.3 is 6.18 Å². The number of hydrogen-bond donors (Lipinski definition) is 3. The third kappa shape index (κ3) is 13.1. The van der Waals surface area contributed by atoms with Crippen LogP contribution < -0.4 is 25.2 Å². The number of halogens is 5. The number of aliphatic hydroxyl groups excluding tert-OH is 1. The molecule has 0 spiro atoms. The molecule has 0 bridgehead atoms. The predicted octanol–water partition coefficient (Wildman–Crippen LogP) is 6.02. The molecule has 2 aliphatic heterocycles. The van der Waals surface area contributed by atoms with Crippen molar-refractivity contribution < 1.29 is 60.8 Å². The van der Waals surface area contributed by atoms with Crippen LogP contribution in [-0.4, -0.2) is 127 Å². The van der Waals surface area contributed by atoms with Crippen molar-refractivity contribution in [2.45, 2.75) is 84.4 Å². The molecule has 4 amide bonds. The van der Waals surface area contributed by atoms with Gasteiger partial charge in [0.2, 0.25) is 23.6 Å². The summed E-state index contributed by atoms with van der Waals surface area (Å²) in [6, 6.07) is 10.3. The lowest BCUT2D eigenvalue weighted by molar-refractivity contribution is -0.144. The van der Waals surface area contributed by atoms with Crippen molar-refractivity contribution in [3.8, 4) is 22.4 Å². The number of benzene rings is 2. The van der Waals surface area contributed by atoms with Gasteiger partial charge in [-0.3, -0.25) is 24.1 Å². The summed E-state index contributed by atoms with van der Waals surface area (Å²) < 4.78 is 78.5. The number of aliphatic hydroxyl groups is 1. The molecule has 4 heterocycles. The fourth-order valence-electron chi connectivity index (χ4n) is 8.01. The monoisotopic (exact) mass is 1030 g/mol. The Labute approximate surface area is 417 Å². The van der Waals surface area contributed by atoms with Crippen molar-refractivity contribution >= 4 is 57.9 Å². The molecule has 0 saturated carbocycles. The molecular formula is C48H55ClF4N8O9S. The van der Waals surface area contributed by atoms with Crippen LogP contribution in [-0.2, 0) is 46.1 Å². The molecule has 0 radical (unpaired) electrons. The minimum atomic E-state index is -5.18. The average molecular weight is 1030 g/mol. The number of pyridine rings is 1. The van der Waals surface area contributed by atoms with E-state index in [1.54, 1.807) is 37.6 Å². The Bertz CT molecular complexity index is 2610. The highest BCUT2D eigenvalue weighted by Crippen LogP contribution is 2.42. The molecule has 2 aromatic heterocycles. The van der Waals surface area contributed by atoms with Crippen LogP contribution in [0, 0.1) is 29.5 Å². The summed E-state index contributed by atoms with van der Waals surface area (Å²) in [6.45, 7) is 10.5. The van der Waals surface area contributed by atoms with Crippen LogP contribution >= 0.6 is 22.9 Å². The molecule has 3 atom stereocenters. The summed E-state index contributed by atoms with van der Waals surface area (Å²) in [4.78, 5) is 67.0. The second-order valence-corrected chi connectivity index (χ2v) is 19.6. The molecule has 6 rings (SSSR count). The van der Waals surface area contributed by atoms with E-state index in [9.17, 15) is 37.5 Å². The molecule has 0 aliphatic carbocycles. The van der Waals surface area contributed by atoms with E-state index in [0.717, 1.165) is 38.7 Å². The molecule has 0 unspecified atom stereocenters. The van der Waals surface area contributed by atoms with E-state index in [0.29, 0.717) is 0 Å². The topological polar surface area (TPSA) is 209 Å². The molecule has 17 nitrogen and oxygen atoms in total. The summed E-state index contributed by atoms with van der Waals surface area (Å²) >= 11 is 8.10. The number of thiazole rings is 1. The van der Waals surface area contributed by atoms with Gasteiger partial charge in [0.1, 0.15) is 36.4 Å². The Hall–Kier alpha value is -5.96. The first-order chi connectivity index (χ1) is 33.5. The first-order valence-electron chi connectivity index (χ1n) is 22.5. The van der Waals surface area contributed by atoms with Gasteiger partial charge in [-0.15, -0.1) is 11.3 Å². The van der Waals surface area contributed by atoms with Crippen LogP contribution in [0.3, 0.4) is 0 Å². The number of aromatic nitrogens is 2. The maximum absolute atomic E-state index is 15.3. The largest absolute Gasteiger partial charge is 0.475 e. The van der Waals surface area contributed by atoms with Gasteiger partial charge in [0.15, 0.2) is 5.82 Å². The zero-order valence-electron chi connectivity index (χ0n) is 39.9. The molecule has 382 valence electrons. The number of likely N-dealkylation sites (tertiary alicyclic amines) is 1. The predicted molar refractivity (Wildman–Crippen MR) is 254 cm³/mol. The number of nitrogens with one attached hydrogen (secondary N) is 2. The van der Waals surface area contributed by atoms with Gasteiger partial charge in [-0.25, -0.2) is 14.4 Å². The Balaban J connectivity index is 0.875. The van der Waals surface area contributed by atoms with Crippen molar-refractivity contribution in [2.24, 2.45) is 5.41 Å². The molecule has 23 heteroatoms. The molecule has 2 fully saturated rings. The summed E-state index contributed by atoms with van der Waals surface area (Å²) in [6.07, 6.45) is -4.71. The van der Waals surface area contributed by atoms with Gasteiger partial charge in [-0.05, 0) is 49.4 Å². The number of ether oxygens (including phenoxy) is 4. The van der Waals surface area contributed by atoms with Crippen LogP contribution in [0.15, 0.2) is 54.2 Å². The standard InChI is InChI=1S/C48H55ClF4N8O9S/c1-28-41(71-26-57-28)30-9-7-29(8-10-30)22-56-43(64)35-19-32(62)24-59(35)44(65)42(46(2,3)4)58-37(63)25-69-16-15-67-13-14-68-17-18-70-38-20-33(49)36(23-55-38)61-27-60(45(66)47(61,5)6)34-12-11-31(21-54)39(40(34)50)48(51,52)53/h7-12,20,23,26,32,35,42,62H,13-19,22,24-25,27H2,1-6H3,(H,56,64)(H,58,63)/t32-,35+,42-/m1/s1. The van der Waals surface area contributed by atoms with Gasteiger partial charge < -0.3 is 44.5 Å². The molecular weight excluding hydrogens is 976 g/mol. The first-order valence-corrected chi connectivity index (χ1v) is 23.7. The highest BCUT2D eigenvalue weighted by Gasteiger charge is 2.49. The van der Waals surface area contributed by atoms with Crippen LogP contribution in [0.25, 0.3) is 10.4 Å². The van der Waals surface area contributed by atoms with Crippen molar-refractivity contribution in [1.82, 2.24) is 25.5 Å². The fourth-order valence-corrected chi connectivity index (χ4v) is 9.07. The maximum Gasteiger partial charge on any atom is 0.420 e. The van der Waals surface area contributed by atoms with Crippen molar-refractivity contribution in [3.05, 3.63) is 87.4 Å². The van der Waals surface area contributed by atoms with E-state index in [4.69, 9.17) is 35.8 Å². The summed E-state index contributed by atoms with van der Waals surface area (Å²) in [5, 5.41) is 25.4. The third-order valence-electron chi connectivity index (χ3n) is 11.8. The highest BCUT2D eigenvalue weighted by atomic mass is 35.5. The lowest BCUT2D eigenvalue weighted by atomic mass is 9.85. The zero-order chi connectivity index (χ0) is 51.8. The lowest BCUT2D eigenvalue weighted by Gasteiger charge is -2.35. The molecule has 3 N–H and O–H groups in total. The Morgan fingerprint density at radius 3 is 2.27 bits per heavy atom. The first kappa shape index (κ1) is 54.4. The number of amides is 4. The minimum Gasteiger partial charge on any atom is -0.475 e. The summed E-state index contributed by atoms with van der Waals surface area (Å²) in [7, 11) is 0. The lowest BCUT2D eigenvalue weighted by Crippen LogP contribution is -2.58. The third-order valence-corrected chi connectivity index (χ3v) is 13.1. The van der Waals surface area contributed by atoms with Gasteiger partial charge in [-0.1, -0.05) is 56.6 Å². The zero-order valence-corrected chi connectivity index (χ0v) is 41.5. The van der Waals surface area contributed by atoms with E-state index in [1.165, 1.54) is 42.0 Å². The molecule has 2 aliphatic rings. The average Bonchev–Trinajstić information content (AvgIpc) is 3.99. The molecule has 4 aromatic rings. The number of carbonyl (C=O) groups excluding carboxylic acids is 4. The number of alkyl halides is 3. The molecule has 2 saturated heterocycles. The van der Waals surface area contributed by atoms with Crippen LogP contribution in [0.5, 0.6) is 5.88 Å². The number of anilines is 2. The van der Waals surface area contributed by atoms with Crippen molar-refractivity contribution in [2.75, 3.05) is 69.3 Å². The van der Waals surface area contributed by atoms with E-state index in [1.807, 2.05) is 31.2 Å². The highest BCUT2D eigenvalue weighted by molar-refractivity contribution is 7.13. The van der Waals surface area contributed by atoms with Crippen molar-refractivity contribution in [3.63, 3.8) is 0 Å². The minimum absolute atomic E-state index is 0.0573. The fraction of sp³-hybridized carbons (Fsp3) is 0.479. The van der Waals surface area contributed by atoms with E-state index < -0.39 is 81.6 Å². The summed E-state index contributed by atoms with van der Waals surface area (Å²) in [5.74, 6) is -3.79. The van der Waals surface area contributed by atoms with E-state index >= 15 is 4.39 Å². The quantitative estimate of drug-likeness (QED) is 0.0684. The van der Waals surface area contributed by atoms with E-state index in [2.05, 4.69) is 20.6 Å². The number of rotatable bonds is 20. The smallest absolute Gasteiger partial charge is 0.420 e. The van der Waals surface area contributed by atoms with Gasteiger partial charge in [0.25, 0.3) is 5.91 Å². The Morgan fingerprint density at radius 2 is 1.66 bits per heavy atom. The van der Waals surface area contributed by atoms with Crippen LogP contribution in [0.2, 0.25) is 5.02 Å². The number of nitriles is 1. The second-order valence-electron chi connectivity index (χ2n) is 18.3. The van der Waals surface area contributed by atoms with E-state index in [-0.39, 0.29) is 89.0 Å². The van der Waals surface area contributed by atoms with Crippen LogP contribution in [0.4, 0.5) is 28.9 Å². The SMILES string of the molecule is Cc1ncsc1-c1ccc(CNC(=O)[C@@H]2C[C@@H](O)CN2C(=O)[C@@H](NC(=O)COCCOCCOCCOc2cc(Cl)c(N3CN(c4ccc(C#N)c(C(F)(F)F)c4F)C(=O)C3(C)C)cn2)C(C)(C)C)cc1. The molecule has 2 aromatic carbocycles. The normalized spacial score (nSPS) is 17.3. The van der Waals surface area contributed by atoms with Gasteiger partial charge in [-0.2, -0.15) is 18.4 Å². The Morgan fingerprint density at radius 1 is 1.00 bits per heavy atom.